The van der Waals surface area contributed by atoms with Gasteiger partial charge in [-0.05, 0) is 43.7 Å². The molecule has 0 radical (unpaired) electrons. The van der Waals surface area contributed by atoms with E-state index in [0.29, 0.717) is 17.2 Å². The minimum absolute atomic E-state index is 0.0801. The smallest absolute Gasteiger partial charge is 0.265 e. The molecule has 31 heavy (non-hydrogen) atoms. The number of sulfonamides is 1. The molecule has 0 saturated heterocycles. The van der Waals surface area contributed by atoms with Crippen LogP contribution in [0.15, 0.2) is 41.3 Å². The number of hydrogen-bond acceptors (Lipinski definition) is 6. The average Bonchev–Trinajstić information content (AvgIpc) is 2.76. The van der Waals surface area contributed by atoms with Crippen molar-refractivity contribution in [2.75, 3.05) is 32.2 Å². The summed E-state index contributed by atoms with van der Waals surface area (Å²) in [5.41, 5.74) is 0.143. The van der Waals surface area contributed by atoms with E-state index >= 15 is 0 Å². The first kappa shape index (κ1) is 24.6. The molecule has 0 heterocycles. The lowest BCUT2D eigenvalue weighted by atomic mass is 10.2. The van der Waals surface area contributed by atoms with Crippen molar-refractivity contribution in [2.24, 2.45) is 0 Å². The Bertz CT molecular complexity index is 1030. The highest BCUT2D eigenvalue weighted by Gasteiger charge is 2.31. The first-order chi connectivity index (χ1) is 14.7. The Hall–Kier alpha value is -2.65. The standard InChI is InChI=1S/C21H27ClN2O6S/c1-6-14(2)23-21(25)13-24(17-11-15(22)7-9-18(17)28-3)31(26,27)16-8-10-19(29-4)20(12-16)30-5/h7-12,14H,6,13H2,1-5H3,(H,23,25). The second-order valence-corrected chi connectivity index (χ2v) is 9.02. The van der Waals surface area contributed by atoms with Crippen molar-refractivity contribution in [3.8, 4) is 17.2 Å². The van der Waals surface area contributed by atoms with Crippen molar-refractivity contribution < 1.29 is 27.4 Å². The molecule has 1 unspecified atom stereocenters. The van der Waals surface area contributed by atoms with Crippen LogP contribution in [-0.4, -0.2) is 48.2 Å². The van der Waals surface area contributed by atoms with Crippen molar-refractivity contribution >= 4 is 33.2 Å². The molecule has 0 aliphatic heterocycles. The van der Waals surface area contributed by atoms with Gasteiger partial charge in [-0.1, -0.05) is 18.5 Å². The number of carbonyl (C=O) groups excluding carboxylic acids is 1. The lowest BCUT2D eigenvalue weighted by molar-refractivity contribution is -0.120. The zero-order valence-corrected chi connectivity index (χ0v) is 19.7. The molecule has 0 aliphatic rings. The van der Waals surface area contributed by atoms with Crippen molar-refractivity contribution in [2.45, 2.75) is 31.2 Å². The minimum Gasteiger partial charge on any atom is -0.495 e. The van der Waals surface area contributed by atoms with Gasteiger partial charge in [0.25, 0.3) is 10.0 Å². The molecule has 1 N–H and O–H groups in total. The maximum atomic E-state index is 13.6. The van der Waals surface area contributed by atoms with E-state index in [1.807, 2.05) is 13.8 Å². The van der Waals surface area contributed by atoms with Crippen LogP contribution in [0.5, 0.6) is 17.2 Å². The highest BCUT2D eigenvalue weighted by Crippen LogP contribution is 2.36. The Morgan fingerprint density at radius 3 is 2.23 bits per heavy atom. The SMILES string of the molecule is CCC(C)NC(=O)CN(c1cc(Cl)ccc1OC)S(=O)(=O)c1ccc(OC)c(OC)c1. The summed E-state index contributed by atoms with van der Waals surface area (Å²) in [6, 6.07) is 8.65. The lowest BCUT2D eigenvalue weighted by Crippen LogP contribution is -2.43. The van der Waals surface area contributed by atoms with Crippen LogP contribution >= 0.6 is 11.6 Å². The molecule has 2 aromatic rings. The van der Waals surface area contributed by atoms with Crippen LogP contribution in [0.4, 0.5) is 5.69 Å². The van der Waals surface area contributed by atoms with Gasteiger partial charge >= 0.3 is 0 Å². The van der Waals surface area contributed by atoms with E-state index in [0.717, 1.165) is 4.31 Å². The number of ether oxygens (including phenoxy) is 3. The zero-order chi connectivity index (χ0) is 23.2. The fourth-order valence-electron chi connectivity index (χ4n) is 2.81. The van der Waals surface area contributed by atoms with Gasteiger partial charge in [-0.2, -0.15) is 0 Å². The Labute approximate surface area is 188 Å². The fourth-order valence-corrected chi connectivity index (χ4v) is 4.42. The molecule has 170 valence electrons. The van der Waals surface area contributed by atoms with Gasteiger partial charge in [0.15, 0.2) is 11.5 Å². The summed E-state index contributed by atoms with van der Waals surface area (Å²) in [4.78, 5) is 12.6. The summed E-state index contributed by atoms with van der Waals surface area (Å²) in [7, 11) is 0.0707. The second-order valence-electron chi connectivity index (χ2n) is 6.72. The quantitative estimate of drug-likeness (QED) is 0.571. The average molecular weight is 471 g/mol. The number of rotatable bonds is 10. The molecular weight excluding hydrogens is 444 g/mol. The molecule has 10 heteroatoms. The zero-order valence-electron chi connectivity index (χ0n) is 18.1. The van der Waals surface area contributed by atoms with Gasteiger partial charge in [0.05, 0.1) is 31.9 Å². The van der Waals surface area contributed by atoms with Gasteiger partial charge in [0.1, 0.15) is 12.3 Å². The number of carbonyl (C=O) groups is 1. The number of nitrogens with one attached hydrogen (secondary N) is 1. The molecule has 0 bridgehead atoms. The second kappa shape index (κ2) is 10.6. The summed E-state index contributed by atoms with van der Waals surface area (Å²) < 4.78 is 44.0. The Morgan fingerprint density at radius 1 is 1.03 bits per heavy atom. The van der Waals surface area contributed by atoms with Crippen LogP contribution < -0.4 is 23.8 Å². The van der Waals surface area contributed by atoms with Crippen LogP contribution in [0.2, 0.25) is 5.02 Å². The molecule has 8 nitrogen and oxygen atoms in total. The topological polar surface area (TPSA) is 94.2 Å². The van der Waals surface area contributed by atoms with Gasteiger partial charge < -0.3 is 19.5 Å². The van der Waals surface area contributed by atoms with Crippen LogP contribution in [0, 0.1) is 0 Å². The molecule has 2 aromatic carbocycles. The van der Waals surface area contributed by atoms with E-state index in [4.69, 9.17) is 25.8 Å². The number of anilines is 1. The molecule has 0 spiro atoms. The number of amides is 1. The van der Waals surface area contributed by atoms with Crippen LogP contribution in [-0.2, 0) is 14.8 Å². The van der Waals surface area contributed by atoms with Gasteiger partial charge in [0.2, 0.25) is 5.91 Å². The van der Waals surface area contributed by atoms with Gasteiger partial charge in [0, 0.05) is 17.1 Å². The van der Waals surface area contributed by atoms with Crippen LogP contribution in [0.25, 0.3) is 0 Å². The largest absolute Gasteiger partial charge is 0.495 e. The minimum atomic E-state index is -4.20. The molecule has 1 amide bonds. The van der Waals surface area contributed by atoms with Crippen molar-refractivity contribution in [1.29, 1.82) is 0 Å². The van der Waals surface area contributed by atoms with E-state index in [-0.39, 0.29) is 28.1 Å². The van der Waals surface area contributed by atoms with Crippen molar-refractivity contribution in [3.05, 3.63) is 41.4 Å². The first-order valence-corrected chi connectivity index (χ1v) is 11.4. The summed E-state index contributed by atoms with van der Waals surface area (Å²) in [6.45, 7) is 3.30. The van der Waals surface area contributed by atoms with Crippen molar-refractivity contribution in [1.82, 2.24) is 5.32 Å². The number of nitrogens with zero attached hydrogens (tertiary/aromatic N) is 1. The third-order valence-electron chi connectivity index (χ3n) is 4.66. The predicted molar refractivity (Wildman–Crippen MR) is 120 cm³/mol. The third kappa shape index (κ3) is 5.74. The number of methoxy groups -OCH3 is 3. The van der Waals surface area contributed by atoms with E-state index in [1.54, 1.807) is 12.1 Å². The maximum Gasteiger partial charge on any atom is 0.265 e. The molecule has 0 aromatic heterocycles. The molecule has 2 rings (SSSR count). The molecule has 0 aliphatic carbocycles. The van der Waals surface area contributed by atoms with Gasteiger partial charge in [-0.25, -0.2) is 8.42 Å². The molecule has 0 saturated carbocycles. The Morgan fingerprint density at radius 2 is 1.65 bits per heavy atom. The fraction of sp³-hybridized carbons (Fsp3) is 0.381. The van der Waals surface area contributed by atoms with Crippen molar-refractivity contribution in [3.63, 3.8) is 0 Å². The number of hydrogen-bond donors (Lipinski definition) is 1. The summed E-state index contributed by atoms with van der Waals surface area (Å²) >= 11 is 6.13. The van der Waals surface area contributed by atoms with E-state index in [1.165, 1.54) is 45.6 Å². The monoisotopic (exact) mass is 470 g/mol. The van der Waals surface area contributed by atoms with Crippen LogP contribution in [0.3, 0.4) is 0 Å². The summed E-state index contributed by atoms with van der Waals surface area (Å²) in [5, 5.41) is 3.08. The Kier molecular flexibility index (Phi) is 8.41. The third-order valence-corrected chi connectivity index (χ3v) is 6.65. The van der Waals surface area contributed by atoms with Gasteiger partial charge in [-0.15, -0.1) is 0 Å². The number of benzene rings is 2. The van der Waals surface area contributed by atoms with Crippen LogP contribution in [0.1, 0.15) is 20.3 Å². The highest BCUT2D eigenvalue weighted by molar-refractivity contribution is 7.92. The molecular formula is C21H27ClN2O6S. The predicted octanol–water partition coefficient (Wildman–Crippen LogP) is 3.48. The summed E-state index contributed by atoms with van der Waals surface area (Å²) in [6.07, 6.45) is 0.703. The Balaban J connectivity index is 2.61. The highest BCUT2D eigenvalue weighted by atomic mass is 35.5. The van der Waals surface area contributed by atoms with Gasteiger partial charge in [-0.3, -0.25) is 9.10 Å². The van der Waals surface area contributed by atoms with E-state index in [2.05, 4.69) is 5.32 Å². The van der Waals surface area contributed by atoms with E-state index in [9.17, 15) is 13.2 Å². The first-order valence-electron chi connectivity index (χ1n) is 9.55. The molecule has 1 atom stereocenters. The summed E-state index contributed by atoms with van der Waals surface area (Å²) in [5.74, 6) is 0.415. The van der Waals surface area contributed by atoms with E-state index < -0.39 is 22.5 Å². The maximum absolute atomic E-state index is 13.6. The lowest BCUT2D eigenvalue weighted by Gasteiger charge is -2.26. The molecule has 0 fully saturated rings. The number of halogens is 1. The normalized spacial score (nSPS) is 12.1.